The zero-order chi connectivity index (χ0) is 20.2. The Morgan fingerprint density at radius 2 is 1.90 bits per heavy atom. The molecule has 6 heteroatoms. The molecular formula is C23H40IN3O2. The van der Waals surface area contributed by atoms with Gasteiger partial charge in [0, 0.05) is 38.3 Å². The van der Waals surface area contributed by atoms with Crippen molar-refractivity contribution in [2.45, 2.75) is 58.3 Å². The van der Waals surface area contributed by atoms with Gasteiger partial charge in [-0.15, -0.1) is 24.0 Å². The van der Waals surface area contributed by atoms with Gasteiger partial charge in [-0.2, -0.15) is 0 Å². The third-order valence-electron chi connectivity index (χ3n) is 5.84. The van der Waals surface area contributed by atoms with E-state index < -0.39 is 0 Å². The van der Waals surface area contributed by atoms with Crippen LogP contribution in [0, 0.1) is 12.8 Å². The van der Waals surface area contributed by atoms with Gasteiger partial charge >= 0.3 is 0 Å². The van der Waals surface area contributed by atoms with Crippen molar-refractivity contribution in [2.75, 3.05) is 39.5 Å². The average Bonchev–Trinajstić information content (AvgIpc) is 2.71. The van der Waals surface area contributed by atoms with Crippen molar-refractivity contribution in [3.63, 3.8) is 0 Å². The molecule has 1 fully saturated rings. The van der Waals surface area contributed by atoms with E-state index in [4.69, 9.17) is 9.73 Å². The fraction of sp³-hybridized carbons (Fsp3) is 0.696. The van der Waals surface area contributed by atoms with E-state index in [9.17, 15) is 5.11 Å². The van der Waals surface area contributed by atoms with Crippen LogP contribution in [0.4, 0.5) is 0 Å². The number of rotatable bonds is 10. The van der Waals surface area contributed by atoms with E-state index in [0.29, 0.717) is 5.92 Å². The number of aryl methyl sites for hydroxylation is 1. The number of halogens is 1. The molecule has 1 heterocycles. The van der Waals surface area contributed by atoms with Gasteiger partial charge in [0.05, 0.1) is 6.54 Å². The maximum Gasteiger partial charge on any atom is 0.191 e. The van der Waals surface area contributed by atoms with Crippen molar-refractivity contribution >= 4 is 29.9 Å². The average molecular weight is 517 g/mol. The Morgan fingerprint density at radius 3 is 2.52 bits per heavy atom. The first-order chi connectivity index (χ1) is 13.6. The lowest BCUT2D eigenvalue weighted by molar-refractivity contribution is 0.0529. The van der Waals surface area contributed by atoms with Crippen LogP contribution in [0.3, 0.4) is 0 Å². The monoisotopic (exact) mass is 517 g/mol. The fourth-order valence-electron chi connectivity index (χ4n) is 4.20. The summed E-state index contributed by atoms with van der Waals surface area (Å²) in [5.41, 5.74) is 2.78. The van der Waals surface area contributed by atoms with E-state index in [2.05, 4.69) is 55.7 Å². The van der Waals surface area contributed by atoms with Crippen LogP contribution >= 0.6 is 24.0 Å². The Balaban J connectivity index is 0.00000420. The second-order valence-electron chi connectivity index (χ2n) is 7.95. The number of benzene rings is 1. The predicted molar refractivity (Wildman–Crippen MR) is 132 cm³/mol. The molecule has 1 aliphatic rings. The number of hydrogen-bond acceptors (Lipinski definition) is 3. The number of nitrogens with zero attached hydrogens (tertiary/aromatic N) is 1. The van der Waals surface area contributed by atoms with Gasteiger partial charge in [-0.1, -0.05) is 37.6 Å². The highest BCUT2D eigenvalue weighted by molar-refractivity contribution is 14.0. The van der Waals surface area contributed by atoms with Gasteiger partial charge in [0.1, 0.15) is 0 Å². The molecule has 0 aliphatic carbocycles. The second kappa shape index (κ2) is 14.2. The number of nitrogens with one attached hydrogen (secondary N) is 2. The largest absolute Gasteiger partial charge is 0.396 e. The number of guanidine groups is 1. The highest BCUT2D eigenvalue weighted by Crippen LogP contribution is 2.37. The normalized spacial score (nSPS) is 17.3. The molecular weight excluding hydrogens is 477 g/mol. The smallest absolute Gasteiger partial charge is 0.191 e. The summed E-state index contributed by atoms with van der Waals surface area (Å²) in [6.07, 6.45) is 5.10. The zero-order valence-corrected chi connectivity index (χ0v) is 20.7. The van der Waals surface area contributed by atoms with Crippen molar-refractivity contribution in [3.05, 3.63) is 35.4 Å². The summed E-state index contributed by atoms with van der Waals surface area (Å²) >= 11 is 0. The van der Waals surface area contributed by atoms with Gasteiger partial charge < -0.3 is 20.5 Å². The molecule has 5 nitrogen and oxygen atoms in total. The molecule has 1 aromatic carbocycles. The molecule has 0 saturated carbocycles. The first-order valence-electron chi connectivity index (χ1n) is 10.9. The molecule has 166 valence electrons. The molecule has 0 amide bonds. The van der Waals surface area contributed by atoms with Crippen LogP contribution in [0.1, 0.15) is 57.1 Å². The number of ether oxygens (including phenoxy) is 1. The van der Waals surface area contributed by atoms with Crippen molar-refractivity contribution in [1.29, 1.82) is 0 Å². The quantitative estimate of drug-likeness (QED) is 0.249. The van der Waals surface area contributed by atoms with Crippen molar-refractivity contribution in [3.8, 4) is 0 Å². The van der Waals surface area contributed by atoms with Crippen LogP contribution in [0.15, 0.2) is 29.3 Å². The minimum absolute atomic E-state index is 0. The lowest BCUT2D eigenvalue weighted by atomic mass is 9.72. The molecule has 1 aliphatic heterocycles. The van der Waals surface area contributed by atoms with Crippen molar-refractivity contribution < 1.29 is 9.84 Å². The Hall–Kier alpha value is -0.860. The van der Waals surface area contributed by atoms with Gasteiger partial charge in [0.15, 0.2) is 5.96 Å². The van der Waals surface area contributed by atoms with E-state index in [-0.39, 0.29) is 36.0 Å². The van der Waals surface area contributed by atoms with Crippen molar-refractivity contribution in [1.82, 2.24) is 10.6 Å². The highest BCUT2D eigenvalue weighted by Gasteiger charge is 2.35. The van der Waals surface area contributed by atoms with Crippen LogP contribution < -0.4 is 10.6 Å². The number of aliphatic hydroxyl groups is 1. The summed E-state index contributed by atoms with van der Waals surface area (Å²) in [6, 6.07) is 8.70. The summed E-state index contributed by atoms with van der Waals surface area (Å²) < 4.78 is 5.67. The molecule has 1 unspecified atom stereocenters. The van der Waals surface area contributed by atoms with Crippen LogP contribution in [0.25, 0.3) is 0 Å². The van der Waals surface area contributed by atoms with E-state index in [1.165, 1.54) is 11.1 Å². The van der Waals surface area contributed by atoms with Gasteiger partial charge in [0.25, 0.3) is 0 Å². The number of hydrogen-bond donors (Lipinski definition) is 3. The first kappa shape index (κ1) is 26.2. The Labute approximate surface area is 194 Å². The van der Waals surface area contributed by atoms with Gasteiger partial charge in [-0.3, -0.25) is 4.99 Å². The summed E-state index contributed by atoms with van der Waals surface area (Å²) in [6.45, 7) is 10.8. The summed E-state index contributed by atoms with van der Waals surface area (Å²) in [5.74, 6) is 1.35. The predicted octanol–water partition coefficient (Wildman–Crippen LogP) is 4.02. The molecule has 3 N–H and O–H groups in total. The maximum atomic E-state index is 9.31. The fourth-order valence-corrected chi connectivity index (χ4v) is 4.20. The van der Waals surface area contributed by atoms with Gasteiger partial charge in [-0.05, 0) is 56.6 Å². The van der Waals surface area contributed by atoms with Crippen LogP contribution in [-0.4, -0.2) is 50.5 Å². The molecule has 29 heavy (non-hydrogen) atoms. The minimum Gasteiger partial charge on any atom is -0.396 e. The first-order valence-corrected chi connectivity index (χ1v) is 10.9. The minimum atomic E-state index is 0. The molecule has 1 aromatic rings. The molecule has 0 bridgehead atoms. The van der Waals surface area contributed by atoms with E-state index >= 15 is 0 Å². The summed E-state index contributed by atoms with van der Waals surface area (Å²) in [4.78, 5) is 5.00. The topological polar surface area (TPSA) is 65.9 Å². The lowest BCUT2D eigenvalue weighted by Crippen LogP contribution is -2.42. The third-order valence-corrected chi connectivity index (χ3v) is 5.84. The van der Waals surface area contributed by atoms with Crippen LogP contribution in [-0.2, 0) is 10.2 Å². The molecule has 0 aromatic heterocycles. The maximum absolute atomic E-state index is 9.31. The molecule has 1 atom stereocenters. The second-order valence-corrected chi connectivity index (χ2v) is 7.95. The van der Waals surface area contributed by atoms with Crippen LogP contribution in [0.2, 0.25) is 0 Å². The highest BCUT2D eigenvalue weighted by atomic mass is 127. The number of aliphatic imine (C=N–C) groups is 1. The van der Waals surface area contributed by atoms with Crippen molar-refractivity contribution in [2.24, 2.45) is 10.9 Å². The third kappa shape index (κ3) is 8.06. The Bertz CT molecular complexity index is 598. The Morgan fingerprint density at radius 1 is 1.17 bits per heavy atom. The summed E-state index contributed by atoms with van der Waals surface area (Å²) in [5, 5.41) is 16.2. The molecule has 0 radical (unpaired) electrons. The zero-order valence-electron chi connectivity index (χ0n) is 18.4. The summed E-state index contributed by atoms with van der Waals surface area (Å²) in [7, 11) is 0. The molecule has 2 rings (SSSR count). The standard InChI is InChI=1S/C23H39N3O2.HI/c1-4-8-20(11-14-27)17-25-22(24-5-2)26-18-23(12-15-28-16-13-23)21-10-7-6-9-19(21)3;/h6-7,9-10,20,27H,4-5,8,11-18H2,1-3H3,(H2,24,25,26);1H. The van der Waals surface area contributed by atoms with Gasteiger partial charge in [-0.25, -0.2) is 0 Å². The number of aliphatic hydroxyl groups excluding tert-OH is 1. The Kier molecular flexibility index (Phi) is 12.8. The van der Waals surface area contributed by atoms with E-state index in [1.807, 2.05) is 0 Å². The lowest BCUT2D eigenvalue weighted by Gasteiger charge is -2.37. The van der Waals surface area contributed by atoms with Gasteiger partial charge in [0.2, 0.25) is 0 Å². The van der Waals surface area contributed by atoms with Crippen LogP contribution in [0.5, 0.6) is 0 Å². The molecule has 1 saturated heterocycles. The van der Waals surface area contributed by atoms with E-state index in [1.54, 1.807) is 0 Å². The SMILES string of the molecule is CCCC(CCO)CNC(=NCC1(c2ccccc2C)CCOCC1)NCC.I. The van der Waals surface area contributed by atoms with E-state index in [0.717, 1.165) is 70.9 Å². The molecule has 0 spiro atoms.